The maximum Gasteiger partial charge on any atom is 0.0758 e. The van der Waals surface area contributed by atoms with Gasteiger partial charge in [-0.2, -0.15) is 0 Å². The SMILES string of the molecule is C#CCC(O)C1c2ccccc2-c2ccccc21. The molecule has 0 saturated heterocycles. The number of hydrogen-bond donors (Lipinski definition) is 1. The van der Waals surface area contributed by atoms with Crippen LogP contribution in [0.25, 0.3) is 11.1 Å². The van der Waals surface area contributed by atoms with Gasteiger partial charge in [0.1, 0.15) is 0 Å². The molecule has 2 aromatic rings. The largest absolute Gasteiger partial charge is 0.391 e. The summed E-state index contributed by atoms with van der Waals surface area (Å²) in [4.78, 5) is 0. The molecule has 1 nitrogen and oxygen atoms in total. The molecular weight excluding hydrogens is 220 g/mol. The topological polar surface area (TPSA) is 20.2 Å². The van der Waals surface area contributed by atoms with E-state index in [1.54, 1.807) is 0 Å². The molecule has 0 fully saturated rings. The Bertz CT molecular complexity index is 576. The third kappa shape index (κ3) is 1.54. The fourth-order valence-electron chi connectivity index (χ4n) is 2.85. The molecule has 0 spiro atoms. The van der Waals surface area contributed by atoms with Crippen molar-refractivity contribution in [2.24, 2.45) is 0 Å². The summed E-state index contributed by atoms with van der Waals surface area (Å²) < 4.78 is 0. The van der Waals surface area contributed by atoms with Crippen molar-refractivity contribution in [1.29, 1.82) is 0 Å². The number of fused-ring (bicyclic) bond motifs is 3. The van der Waals surface area contributed by atoms with Gasteiger partial charge in [0, 0.05) is 12.3 Å². The van der Waals surface area contributed by atoms with Gasteiger partial charge in [0.15, 0.2) is 0 Å². The molecule has 0 amide bonds. The van der Waals surface area contributed by atoms with Crippen LogP contribution in [0.4, 0.5) is 0 Å². The predicted octanol–water partition coefficient (Wildman–Crippen LogP) is 3.18. The van der Waals surface area contributed by atoms with E-state index in [0.717, 1.165) is 0 Å². The number of terminal acetylenes is 1. The van der Waals surface area contributed by atoms with E-state index in [0.29, 0.717) is 6.42 Å². The van der Waals surface area contributed by atoms with E-state index in [9.17, 15) is 5.11 Å². The van der Waals surface area contributed by atoms with Gasteiger partial charge in [-0.1, -0.05) is 48.5 Å². The molecule has 1 heteroatoms. The number of hydrogen-bond acceptors (Lipinski definition) is 1. The van der Waals surface area contributed by atoms with Crippen molar-refractivity contribution in [2.45, 2.75) is 18.4 Å². The molecule has 2 aromatic carbocycles. The van der Waals surface area contributed by atoms with E-state index in [4.69, 9.17) is 6.42 Å². The maximum absolute atomic E-state index is 10.3. The van der Waals surface area contributed by atoms with E-state index >= 15 is 0 Å². The minimum absolute atomic E-state index is 0.00782. The standard InChI is InChI=1S/C17H14O/c1-2-7-16(18)17-14-10-5-3-8-12(14)13-9-4-6-11-15(13)17/h1,3-6,8-11,16-18H,7H2. The lowest BCUT2D eigenvalue weighted by Crippen LogP contribution is -2.17. The van der Waals surface area contributed by atoms with Crippen molar-refractivity contribution >= 4 is 0 Å². The van der Waals surface area contributed by atoms with Crippen LogP contribution in [0.3, 0.4) is 0 Å². The first-order chi connectivity index (χ1) is 8.83. The van der Waals surface area contributed by atoms with Crippen LogP contribution >= 0.6 is 0 Å². The normalized spacial score (nSPS) is 14.7. The highest BCUT2D eigenvalue weighted by Gasteiger charge is 2.32. The molecule has 0 bridgehead atoms. The summed E-state index contributed by atoms with van der Waals surface area (Å²) in [6.45, 7) is 0. The Kier molecular flexibility index (Phi) is 2.66. The van der Waals surface area contributed by atoms with Gasteiger partial charge in [-0.25, -0.2) is 0 Å². The zero-order chi connectivity index (χ0) is 12.5. The molecule has 88 valence electrons. The quantitative estimate of drug-likeness (QED) is 0.791. The molecular formula is C17H14O. The van der Waals surface area contributed by atoms with Crippen LogP contribution in [0.1, 0.15) is 23.5 Å². The lowest BCUT2D eigenvalue weighted by Gasteiger charge is -2.18. The second kappa shape index (κ2) is 4.33. The summed E-state index contributed by atoms with van der Waals surface area (Å²) >= 11 is 0. The molecule has 0 radical (unpaired) electrons. The van der Waals surface area contributed by atoms with E-state index in [1.807, 2.05) is 24.3 Å². The molecule has 0 saturated carbocycles. The van der Waals surface area contributed by atoms with Crippen LogP contribution in [-0.2, 0) is 0 Å². The van der Waals surface area contributed by atoms with Crippen molar-refractivity contribution in [3.63, 3.8) is 0 Å². The molecule has 1 N–H and O–H groups in total. The van der Waals surface area contributed by atoms with E-state index in [1.165, 1.54) is 22.3 Å². The summed E-state index contributed by atoms with van der Waals surface area (Å²) in [5, 5.41) is 10.3. The number of aliphatic hydroxyl groups excluding tert-OH is 1. The zero-order valence-corrected chi connectivity index (χ0v) is 10.0. The summed E-state index contributed by atoms with van der Waals surface area (Å²) in [5.41, 5.74) is 4.80. The third-order valence-electron chi connectivity index (χ3n) is 3.59. The van der Waals surface area contributed by atoms with Crippen LogP contribution in [0.15, 0.2) is 48.5 Å². The molecule has 1 aliphatic carbocycles. The van der Waals surface area contributed by atoms with Crippen molar-refractivity contribution in [1.82, 2.24) is 0 Å². The Morgan fingerprint density at radius 3 is 2.00 bits per heavy atom. The smallest absolute Gasteiger partial charge is 0.0758 e. The van der Waals surface area contributed by atoms with Gasteiger partial charge in [-0.05, 0) is 22.3 Å². The Balaban J connectivity index is 2.18. The predicted molar refractivity (Wildman–Crippen MR) is 73.2 cm³/mol. The summed E-state index contributed by atoms with van der Waals surface area (Å²) in [7, 11) is 0. The highest BCUT2D eigenvalue weighted by molar-refractivity contribution is 5.79. The highest BCUT2D eigenvalue weighted by atomic mass is 16.3. The molecule has 0 aromatic heterocycles. The van der Waals surface area contributed by atoms with Crippen molar-refractivity contribution in [2.75, 3.05) is 0 Å². The molecule has 1 aliphatic rings. The van der Waals surface area contributed by atoms with Gasteiger partial charge >= 0.3 is 0 Å². The van der Waals surface area contributed by atoms with Gasteiger partial charge in [0.2, 0.25) is 0 Å². The lowest BCUT2D eigenvalue weighted by molar-refractivity contribution is 0.163. The van der Waals surface area contributed by atoms with E-state index < -0.39 is 6.10 Å². The molecule has 0 aliphatic heterocycles. The lowest BCUT2D eigenvalue weighted by atomic mass is 9.90. The number of aliphatic hydroxyl groups is 1. The number of rotatable bonds is 2. The molecule has 18 heavy (non-hydrogen) atoms. The van der Waals surface area contributed by atoms with Gasteiger partial charge in [0.25, 0.3) is 0 Å². The number of benzene rings is 2. The Labute approximate surface area is 107 Å². The van der Waals surface area contributed by atoms with Gasteiger partial charge in [0.05, 0.1) is 6.10 Å². The first kappa shape index (κ1) is 11.1. The first-order valence-corrected chi connectivity index (χ1v) is 6.12. The van der Waals surface area contributed by atoms with Crippen LogP contribution in [0.5, 0.6) is 0 Å². The van der Waals surface area contributed by atoms with Gasteiger partial charge in [-0.15, -0.1) is 12.3 Å². The van der Waals surface area contributed by atoms with Crippen LogP contribution in [-0.4, -0.2) is 11.2 Å². The fourth-order valence-corrected chi connectivity index (χ4v) is 2.85. The Hall–Kier alpha value is -2.04. The molecule has 0 heterocycles. The Morgan fingerprint density at radius 1 is 1.00 bits per heavy atom. The highest BCUT2D eigenvalue weighted by Crippen LogP contribution is 2.46. The van der Waals surface area contributed by atoms with Crippen molar-refractivity contribution in [3.05, 3.63) is 59.7 Å². The fraction of sp³-hybridized carbons (Fsp3) is 0.176. The average molecular weight is 234 g/mol. The maximum atomic E-state index is 10.3. The minimum Gasteiger partial charge on any atom is -0.391 e. The summed E-state index contributed by atoms with van der Waals surface area (Å²) in [6.07, 6.45) is 5.20. The molecule has 1 unspecified atom stereocenters. The van der Waals surface area contributed by atoms with Gasteiger partial charge in [-0.3, -0.25) is 0 Å². The van der Waals surface area contributed by atoms with Crippen LogP contribution < -0.4 is 0 Å². The third-order valence-corrected chi connectivity index (χ3v) is 3.59. The van der Waals surface area contributed by atoms with E-state index in [-0.39, 0.29) is 5.92 Å². The minimum atomic E-state index is -0.514. The summed E-state index contributed by atoms with van der Waals surface area (Å²) in [6, 6.07) is 16.5. The second-order valence-corrected chi connectivity index (χ2v) is 4.63. The summed E-state index contributed by atoms with van der Waals surface area (Å²) in [5.74, 6) is 2.56. The zero-order valence-electron chi connectivity index (χ0n) is 10.0. The average Bonchev–Trinajstić information content (AvgIpc) is 2.73. The van der Waals surface area contributed by atoms with Crippen molar-refractivity contribution in [3.8, 4) is 23.5 Å². The van der Waals surface area contributed by atoms with Crippen LogP contribution in [0, 0.1) is 12.3 Å². The first-order valence-electron chi connectivity index (χ1n) is 6.12. The monoisotopic (exact) mass is 234 g/mol. The van der Waals surface area contributed by atoms with Gasteiger partial charge < -0.3 is 5.11 Å². The van der Waals surface area contributed by atoms with Crippen molar-refractivity contribution < 1.29 is 5.11 Å². The second-order valence-electron chi connectivity index (χ2n) is 4.63. The Morgan fingerprint density at radius 2 is 1.50 bits per heavy atom. The van der Waals surface area contributed by atoms with E-state index in [2.05, 4.69) is 30.2 Å². The van der Waals surface area contributed by atoms with Crippen LogP contribution in [0.2, 0.25) is 0 Å². The molecule has 3 rings (SSSR count). The molecule has 1 atom stereocenters.